The van der Waals surface area contributed by atoms with Crippen LogP contribution in [-0.2, 0) is 11.8 Å². The zero-order valence-electron chi connectivity index (χ0n) is 11.8. The van der Waals surface area contributed by atoms with E-state index in [1.807, 2.05) is 13.0 Å². The summed E-state index contributed by atoms with van der Waals surface area (Å²) in [6, 6.07) is 5.28. The lowest BCUT2D eigenvalue weighted by Crippen LogP contribution is -2.35. The van der Waals surface area contributed by atoms with Crippen LogP contribution in [0.3, 0.4) is 0 Å². The Bertz CT molecular complexity index is 726. The fourth-order valence-corrected chi connectivity index (χ4v) is 2.65. The van der Waals surface area contributed by atoms with Crippen LogP contribution in [0.1, 0.15) is 12.5 Å². The van der Waals surface area contributed by atoms with Gasteiger partial charge in [0.1, 0.15) is 0 Å². The molecule has 1 atom stereocenters. The number of rotatable bonds is 4. The molecule has 0 saturated heterocycles. The van der Waals surface area contributed by atoms with Crippen molar-refractivity contribution in [3.05, 3.63) is 39.2 Å². The van der Waals surface area contributed by atoms with Crippen molar-refractivity contribution < 1.29 is 14.0 Å². The van der Waals surface area contributed by atoms with Gasteiger partial charge in [0.15, 0.2) is 7.05 Å². The van der Waals surface area contributed by atoms with Crippen molar-refractivity contribution in [3.8, 4) is 0 Å². The van der Waals surface area contributed by atoms with Crippen molar-refractivity contribution in [1.29, 1.82) is 0 Å². The van der Waals surface area contributed by atoms with Gasteiger partial charge in [-0.1, -0.05) is 22.3 Å². The van der Waals surface area contributed by atoms with E-state index in [4.69, 9.17) is 11.6 Å². The average molecular weight is 329 g/mol. The number of benzene rings is 1. The van der Waals surface area contributed by atoms with E-state index in [9.17, 15) is 9.59 Å². The monoisotopic (exact) mass is 328 g/mol. The Labute approximate surface area is 130 Å². The fourth-order valence-electron chi connectivity index (χ4n) is 1.64. The van der Waals surface area contributed by atoms with Gasteiger partial charge in [0, 0.05) is 10.7 Å². The van der Waals surface area contributed by atoms with Crippen molar-refractivity contribution >= 4 is 35.0 Å². The van der Waals surface area contributed by atoms with Crippen molar-refractivity contribution in [2.45, 2.75) is 24.1 Å². The van der Waals surface area contributed by atoms with Crippen LogP contribution in [0, 0.1) is 6.92 Å². The smallest absolute Gasteiger partial charge is 0.325 e. The Kier molecular flexibility index (Phi) is 4.74. The number of halogens is 1. The summed E-state index contributed by atoms with van der Waals surface area (Å²) in [7, 11) is 1.64. The molecule has 21 heavy (non-hydrogen) atoms. The molecular weight excluding hydrogens is 314 g/mol. The lowest BCUT2D eigenvalue weighted by Gasteiger charge is -2.11. The lowest BCUT2D eigenvalue weighted by molar-refractivity contribution is -0.772. The maximum atomic E-state index is 12.2. The zero-order valence-corrected chi connectivity index (χ0v) is 13.3. The Hall–Kier alpha value is -1.73. The molecule has 0 spiro atoms. The Morgan fingerprint density at radius 3 is 2.86 bits per heavy atom. The lowest BCUT2D eigenvalue weighted by atomic mass is 10.2. The molecule has 0 aliphatic carbocycles. The summed E-state index contributed by atoms with van der Waals surface area (Å²) in [5.74, 6) is -0.217. The van der Waals surface area contributed by atoms with Gasteiger partial charge < -0.3 is 5.32 Å². The minimum Gasteiger partial charge on any atom is -0.325 e. The number of amides is 1. The minimum atomic E-state index is -0.499. The molecule has 0 aliphatic rings. The topological polar surface area (TPSA) is 79.0 Å². The minimum absolute atomic E-state index is 0.217. The molecule has 1 amide bonds. The standard InChI is InChI=1S/C13H14ClN3O3S/c1-7-4-5-9(14)6-10(7)15-11(18)8(2)21-12-13(19)20-16-17(12)3/h4-6,8H,1-3H3,(H-,15,16,18,19)/p+1. The van der Waals surface area contributed by atoms with Crippen LogP contribution in [0.4, 0.5) is 5.69 Å². The molecule has 1 aromatic carbocycles. The van der Waals surface area contributed by atoms with Crippen LogP contribution < -0.4 is 15.6 Å². The van der Waals surface area contributed by atoms with Crippen LogP contribution in [0.2, 0.25) is 5.02 Å². The Morgan fingerprint density at radius 1 is 1.52 bits per heavy atom. The third kappa shape index (κ3) is 3.68. The maximum Gasteiger partial charge on any atom is 0.441 e. The molecule has 0 fully saturated rings. The summed E-state index contributed by atoms with van der Waals surface area (Å²) >= 11 is 7.04. The summed E-state index contributed by atoms with van der Waals surface area (Å²) in [4.78, 5) is 23.7. The molecule has 0 saturated carbocycles. The summed E-state index contributed by atoms with van der Waals surface area (Å²) in [6.07, 6.45) is 0. The predicted octanol–water partition coefficient (Wildman–Crippen LogP) is 1.87. The molecule has 2 N–H and O–H groups in total. The van der Waals surface area contributed by atoms with E-state index >= 15 is 0 Å². The van der Waals surface area contributed by atoms with Gasteiger partial charge in [0.25, 0.3) is 0 Å². The number of nitrogens with one attached hydrogen (secondary N) is 2. The van der Waals surface area contributed by atoms with E-state index in [1.54, 1.807) is 26.1 Å². The molecule has 6 nitrogen and oxygen atoms in total. The molecule has 2 aromatic rings. The Balaban J connectivity index is 2.10. The van der Waals surface area contributed by atoms with Crippen molar-refractivity contribution in [2.24, 2.45) is 7.05 Å². The second-order valence-electron chi connectivity index (χ2n) is 4.55. The van der Waals surface area contributed by atoms with Gasteiger partial charge in [0.05, 0.1) is 5.25 Å². The second kappa shape index (κ2) is 6.36. The molecule has 8 heteroatoms. The van der Waals surface area contributed by atoms with E-state index in [0.717, 1.165) is 17.3 Å². The number of anilines is 1. The van der Waals surface area contributed by atoms with E-state index in [1.165, 1.54) is 4.68 Å². The Morgan fingerprint density at radius 2 is 2.24 bits per heavy atom. The van der Waals surface area contributed by atoms with E-state index < -0.39 is 10.9 Å². The fraction of sp³-hybridized carbons (Fsp3) is 0.308. The van der Waals surface area contributed by atoms with Gasteiger partial charge >= 0.3 is 10.7 Å². The molecule has 0 radical (unpaired) electrons. The summed E-state index contributed by atoms with van der Waals surface area (Å²) in [6.45, 7) is 3.59. The number of aromatic amines is 1. The van der Waals surface area contributed by atoms with Gasteiger partial charge in [-0.25, -0.2) is 4.79 Å². The van der Waals surface area contributed by atoms with Gasteiger partial charge in [-0.15, -0.1) is 0 Å². The number of carbonyl (C=O) groups excluding carboxylic acids is 1. The van der Waals surface area contributed by atoms with Gasteiger partial charge in [-0.3, -0.25) is 9.32 Å². The van der Waals surface area contributed by atoms with Crippen LogP contribution in [0.25, 0.3) is 0 Å². The largest absolute Gasteiger partial charge is 0.441 e. The highest BCUT2D eigenvalue weighted by atomic mass is 35.5. The van der Waals surface area contributed by atoms with Crippen molar-refractivity contribution in [2.75, 3.05) is 5.32 Å². The third-order valence-electron chi connectivity index (χ3n) is 2.87. The number of aromatic nitrogens is 2. The first kappa shape index (κ1) is 15.7. The molecule has 1 aromatic heterocycles. The SMILES string of the molecule is Cc1ccc(Cl)cc1NC(=O)C(C)Sc1c(=O)o[nH][n+]1C. The number of carbonyl (C=O) groups is 1. The first-order chi connectivity index (χ1) is 9.88. The third-order valence-corrected chi connectivity index (χ3v) is 4.34. The zero-order chi connectivity index (χ0) is 15.6. The molecule has 1 heterocycles. The first-order valence-electron chi connectivity index (χ1n) is 6.19. The van der Waals surface area contributed by atoms with Crippen molar-refractivity contribution in [3.63, 3.8) is 0 Å². The number of nitrogens with zero attached hydrogens (tertiary/aromatic N) is 1. The van der Waals surface area contributed by atoms with E-state index in [0.29, 0.717) is 15.7 Å². The second-order valence-corrected chi connectivity index (χ2v) is 6.32. The molecule has 1 unspecified atom stereocenters. The molecule has 112 valence electrons. The molecule has 0 aliphatic heterocycles. The molecule has 0 bridgehead atoms. The molecular formula is C13H15ClN3O3S+. The van der Waals surface area contributed by atoms with Gasteiger partial charge in [-0.2, -0.15) is 0 Å². The van der Waals surface area contributed by atoms with E-state index in [2.05, 4.69) is 15.1 Å². The van der Waals surface area contributed by atoms with Crippen LogP contribution >= 0.6 is 23.4 Å². The number of aryl methyl sites for hydroxylation is 2. The molecule has 2 rings (SSSR count). The number of H-pyrrole nitrogens is 1. The summed E-state index contributed by atoms with van der Waals surface area (Å²) < 4.78 is 6.07. The quantitative estimate of drug-likeness (QED) is 0.663. The predicted molar refractivity (Wildman–Crippen MR) is 80.6 cm³/mol. The van der Waals surface area contributed by atoms with Gasteiger partial charge in [0.2, 0.25) is 5.91 Å². The summed E-state index contributed by atoms with van der Waals surface area (Å²) in [5.41, 5.74) is 1.07. The van der Waals surface area contributed by atoms with Crippen LogP contribution in [-0.4, -0.2) is 16.4 Å². The highest BCUT2D eigenvalue weighted by Crippen LogP contribution is 2.23. The highest BCUT2D eigenvalue weighted by molar-refractivity contribution is 8.00. The van der Waals surface area contributed by atoms with Gasteiger partial charge in [-0.05, 0) is 48.6 Å². The summed E-state index contributed by atoms with van der Waals surface area (Å²) in [5, 5.41) is 5.63. The normalized spacial score (nSPS) is 12.2. The number of thioether (sulfide) groups is 1. The average Bonchev–Trinajstić information content (AvgIpc) is 2.74. The maximum absolute atomic E-state index is 12.2. The van der Waals surface area contributed by atoms with Crippen LogP contribution in [0.5, 0.6) is 0 Å². The highest BCUT2D eigenvalue weighted by Gasteiger charge is 2.25. The number of hydrogen-bond acceptors (Lipinski definition) is 4. The number of hydrogen-bond donors (Lipinski definition) is 2. The first-order valence-corrected chi connectivity index (χ1v) is 7.45. The van der Waals surface area contributed by atoms with Crippen molar-refractivity contribution in [1.82, 2.24) is 5.27 Å². The van der Waals surface area contributed by atoms with Crippen LogP contribution in [0.15, 0.2) is 32.5 Å². The van der Waals surface area contributed by atoms with E-state index in [-0.39, 0.29) is 5.91 Å².